The third-order valence-electron chi connectivity index (χ3n) is 3.38. The highest BCUT2D eigenvalue weighted by Crippen LogP contribution is 2.31. The van der Waals surface area contributed by atoms with Crippen molar-refractivity contribution in [3.8, 4) is 5.75 Å². The van der Waals surface area contributed by atoms with Crippen LogP contribution in [0.25, 0.3) is 0 Å². The fraction of sp³-hybridized carbons (Fsp3) is 0.188. The SMILES string of the molecule is Cc1ccc(S(=O)(=O)Nc2cccc(Cl)c2F)c(C)c1OCC(=O)O. The number of carbonyl (C=O) groups is 1. The van der Waals surface area contributed by atoms with Crippen molar-refractivity contribution in [2.24, 2.45) is 0 Å². The number of halogens is 2. The fourth-order valence-electron chi connectivity index (χ4n) is 2.24. The van der Waals surface area contributed by atoms with Crippen LogP contribution in [0.4, 0.5) is 10.1 Å². The Balaban J connectivity index is 2.44. The summed E-state index contributed by atoms with van der Waals surface area (Å²) < 4.78 is 46.5. The highest BCUT2D eigenvalue weighted by Gasteiger charge is 2.22. The van der Waals surface area contributed by atoms with Gasteiger partial charge in [0, 0.05) is 5.56 Å². The van der Waals surface area contributed by atoms with Crippen LogP contribution in [-0.2, 0) is 14.8 Å². The van der Waals surface area contributed by atoms with E-state index < -0.39 is 28.4 Å². The number of benzene rings is 2. The summed E-state index contributed by atoms with van der Waals surface area (Å²) in [6, 6.07) is 6.76. The molecule has 2 aromatic rings. The Labute approximate surface area is 149 Å². The maximum atomic E-state index is 14.0. The van der Waals surface area contributed by atoms with E-state index >= 15 is 0 Å². The Kier molecular flexibility index (Phi) is 5.54. The number of carboxylic acid groups (broad SMARTS) is 1. The van der Waals surface area contributed by atoms with E-state index in [1.54, 1.807) is 6.92 Å². The van der Waals surface area contributed by atoms with Crippen molar-refractivity contribution < 1.29 is 27.4 Å². The minimum absolute atomic E-state index is 0.150. The molecule has 0 fully saturated rings. The van der Waals surface area contributed by atoms with Crippen molar-refractivity contribution in [3.05, 3.63) is 52.3 Å². The van der Waals surface area contributed by atoms with Crippen LogP contribution in [0.3, 0.4) is 0 Å². The van der Waals surface area contributed by atoms with Crippen LogP contribution in [0, 0.1) is 19.7 Å². The molecule has 0 atom stereocenters. The lowest BCUT2D eigenvalue weighted by atomic mass is 10.1. The Bertz CT molecular complexity index is 930. The summed E-state index contributed by atoms with van der Waals surface area (Å²) >= 11 is 5.65. The van der Waals surface area contributed by atoms with Crippen LogP contribution in [0.1, 0.15) is 11.1 Å². The molecule has 2 aromatic carbocycles. The lowest BCUT2D eigenvalue weighted by molar-refractivity contribution is -0.139. The number of nitrogens with one attached hydrogen (secondary N) is 1. The molecule has 0 saturated heterocycles. The maximum absolute atomic E-state index is 14.0. The Morgan fingerprint density at radius 3 is 2.60 bits per heavy atom. The molecule has 0 spiro atoms. The van der Waals surface area contributed by atoms with Crippen LogP contribution < -0.4 is 9.46 Å². The topological polar surface area (TPSA) is 92.7 Å². The summed E-state index contributed by atoms with van der Waals surface area (Å²) in [5.74, 6) is -1.93. The second-order valence-corrected chi connectivity index (χ2v) is 7.28. The first-order valence-corrected chi connectivity index (χ1v) is 8.91. The average molecular weight is 388 g/mol. The predicted molar refractivity (Wildman–Crippen MR) is 91.3 cm³/mol. The van der Waals surface area contributed by atoms with Crippen molar-refractivity contribution in [2.75, 3.05) is 11.3 Å². The Morgan fingerprint density at radius 2 is 1.96 bits per heavy atom. The van der Waals surface area contributed by atoms with Gasteiger partial charge in [-0.05, 0) is 37.6 Å². The normalized spacial score (nSPS) is 11.2. The van der Waals surface area contributed by atoms with Crippen LogP contribution in [0.2, 0.25) is 5.02 Å². The number of anilines is 1. The summed E-state index contributed by atoms with van der Waals surface area (Å²) in [7, 11) is -4.14. The Hall–Kier alpha value is -2.32. The molecule has 0 amide bonds. The number of aliphatic carboxylic acids is 1. The summed E-state index contributed by atoms with van der Waals surface area (Å²) in [5.41, 5.74) is 0.503. The molecular formula is C16H15ClFNO5S. The van der Waals surface area contributed by atoms with Gasteiger partial charge >= 0.3 is 5.97 Å². The van der Waals surface area contributed by atoms with Gasteiger partial charge in [0.05, 0.1) is 15.6 Å². The molecule has 2 N–H and O–H groups in total. The predicted octanol–water partition coefficient (Wildman–Crippen LogP) is 3.36. The van der Waals surface area contributed by atoms with E-state index in [-0.39, 0.29) is 26.9 Å². The Morgan fingerprint density at radius 1 is 1.28 bits per heavy atom. The summed E-state index contributed by atoms with van der Waals surface area (Å²) in [5, 5.41) is 8.51. The van der Waals surface area contributed by atoms with E-state index in [0.29, 0.717) is 5.56 Å². The number of ether oxygens (including phenoxy) is 1. The van der Waals surface area contributed by atoms with Gasteiger partial charge in [0.2, 0.25) is 0 Å². The quantitative estimate of drug-likeness (QED) is 0.792. The van der Waals surface area contributed by atoms with Crippen molar-refractivity contribution in [3.63, 3.8) is 0 Å². The van der Waals surface area contributed by atoms with Crippen molar-refractivity contribution in [1.29, 1.82) is 0 Å². The molecule has 134 valence electrons. The number of rotatable bonds is 6. The maximum Gasteiger partial charge on any atom is 0.341 e. The molecular weight excluding hydrogens is 373 g/mol. The number of sulfonamides is 1. The fourth-order valence-corrected chi connectivity index (χ4v) is 3.71. The first-order valence-electron chi connectivity index (χ1n) is 7.05. The number of hydrogen-bond donors (Lipinski definition) is 2. The van der Waals surface area contributed by atoms with Crippen LogP contribution >= 0.6 is 11.6 Å². The number of carboxylic acids is 1. The molecule has 0 aliphatic heterocycles. The third-order valence-corrected chi connectivity index (χ3v) is 5.18. The van der Waals surface area contributed by atoms with Gasteiger partial charge in [-0.25, -0.2) is 17.6 Å². The standard InChI is InChI=1S/C16H15ClFNO5S/c1-9-6-7-13(10(2)16(9)24-8-14(20)21)25(22,23)19-12-5-3-4-11(17)15(12)18/h3-7,19H,8H2,1-2H3,(H,20,21). The van der Waals surface area contributed by atoms with Gasteiger partial charge in [0.1, 0.15) is 5.75 Å². The number of hydrogen-bond acceptors (Lipinski definition) is 4. The molecule has 0 bridgehead atoms. The molecule has 25 heavy (non-hydrogen) atoms. The lowest BCUT2D eigenvalue weighted by Crippen LogP contribution is -2.17. The largest absolute Gasteiger partial charge is 0.481 e. The zero-order chi connectivity index (χ0) is 18.8. The molecule has 0 radical (unpaired) electrons. The van der Waals surface area contributed by atoms with E-state index in [0.717, 1.165) is 0 Å². The summed E-state index contributed by atoms with van der Waals surface area (Å²) in [4.78, 5) is 10.5. The minimum Gasteiger partial charge on any atom is -0.481 e. The highest BCUT2D eigenvalue weighted by molar-refractivity contribution is 7.92. The second kappa shape index (κ2) is 7.28. The zero-order valence-electron chi connectivity index (χ0n) is 13.3. The van der Waals surface area contributed by atoms with Gasteiger partial charge in [-0.2, -0.15) is 0 Å². The summed E-state index contributed by atoms with van der Waals surface area (Å²) in [6.45, 7) is 2.53. The molecule has 0 aliphatic carbocycles. The van der Waals surface area contributed by atoms with Crippen molar-refractivity contribution in [1.82, 2.24) is 0 Å². The van der Waals surface area contributed by atoms with E-state index in [4.69, 9.17) is 21.4 Å². The van der Waals surface area contributed by atoms with E-state index in [9.17, 15) is 17.6 Å². The van der Waals surface area contributed by atoms with Gasteiger partial charge in [-0.15, -0.1) is 0 Å². The smallest absolute Gasteiger partial charge is 0.341 e. The average Bonchev–Trinajstić information content (AvgIpc) is 2.51. The third kappa shape index (κ3) is 4.21. The summed E-state index contributed by atoms with van der Waals surface area (Å²) in [6.07, 6.45) is 0. The molecule has 0 saturated carbocycles. The van der Waals surface area contributed by atoms with Gasteiger partial charge in [-0.1, -0.05) is 23.7 Å². The highest BCUT2D eigenvalue weighted by atomic mass is 35.5. The van der Waals surface area contributed by atoms with Crippen LogP contribution in [-0.4, -0.2) is 26.1 Å². The first kappa shape index (κ1) is 19.0. The molecule has 0 heterocycles. The minimum atomic E-state index is -4.14. The van der Waals surface area contributed by atoms with Gasteiger partial charge in [-0.3, -0.25) is 4.72 Å². The molecule has 0 aromatic heterocycles. The zero-order valence-corrected chi connectivity index (χ0v) is 14.9. The van der Waals surface area contributed by atoms with E-state index in [1.807, 2.05) is 0 Å². The van der Waals surface area contributed by atoms with Gasteiger partial charge in [0.25, 0.3) is 10.0 Å². The molecule has 9 heteroatoms. The lowest BCUT2D eigenvalue weighted by Gasteiger charge is -2.16. The second-order valence-electron chi connectivity index (χ2n) is 5.22. The van der Waals surface area contributed by atoms with Gasteiger partial charge < -0.3 is 9.84 Å². The number of aryl methyl sites for hydroxylation is 1. The molecule has 0 unspecified atom stereocenters. The van der Waals surface area contributed by atoms with Crippen molar-refractivity contribution >= 4 is 33.3 Å². The molecule has 6 nitrogen and oxygen atoms in total. The monoisotopic (exact) mass is 387 g/mol. The molecule has 2 rings (SSSR count). The van der Waals surface area contributed by atoms with Crippen LogP contribution in [0.5, 0.6) is 5.75 Å². The first-order chi connectivity index (χ1) is 11.6. The van der Waals surface area contributed by atoms with E-state index in [2.05, 4.69) is 4.72 Å². The van der Waals surface area contributed by atoms with Crippen molar-refractivity contribution in [2.45, 2.75) is 18.7 Å². The van der Waals surface area contributed by atoms with E-state index in [1.165, 1.54) is 37.3 Å². The van der Waals surface area contributed by atoms with Crippen LogP contribution in [0.15, 0.2) is 35.2 Å². The van der Waals surface area contributed by atoms with Gasteiger partial charge in [0.15, 0.2) is 12.4 Å². The molecule has 0 aliphatic rings.